The lowest BCUT2D eigenvalue weighted by atomic mass is 10.0. The normalized spacial score (nSPS) is 17.6. The minimum absolute atomic E-state index is 0.0192. The molecule has 2 atom stereocenters. The van der Waals surface area contributed by atoms with E-state index in [-0.39, 0.29) is 12.1 Å². The fourth-order valence-electron chi connectivity index (χ4n) is 4.65. The van der Waals surface area contributed by atoms with Gasteiger partial charge in [-0.2, -0.15) is 0 Å². The summed E-state index contributed by atoms with van der Waals surface area (Å²) in [6.45, 7) is 3.85. The van der Waals surface area contributed by atoms with Crippen LogP contribution in [0.25, 0.3) is 5.69 Å². The Kier molecular flexibility index (Phi) is 6.58. The van der Waals surface area contributed by atoms with Gasteiger partial charge < -0.3 is 20.1 Å². The van der Waals surface area contributed by atoms with E-state index in [2.05, 4.69) is 105 Å². The van der Waals surface area contributed by atoms with Gasteiger partial charge in [-0.1, -0.05) is 36.4 Å². The molecule has 0 radical (unpaired) electrons. The molecule has 4 aromatic rings. The largest absolute Gasteiger partial charge is 0.385 e. The van der Waals surface area contributed by atoms with Crippen molar-refractivity contribution in [1.82, 2.24) is 19.8 Å². The van der Waals surface area contributed by atoms with Crippen LogP contribution in [-0.2, 0) is 0 Å². The fourth-order valence-corrected chi connectivity index (χ4v) is 4.99. The number of hydrogen-bond donors (Lipinski definition) is 2. The molecular formula is C28H29N5S. The molecule has 0 bridgehead atoms. The highest BCUT2D eigenvalue weighted by Gasteiger charge is 2.40. The van der Waals surface area contributed by atoms with Crippen molar-refractivity contribution in [2.45, 2.75) is 25.4 Å². The number of thiocarbonyl (C=S) groups is 1. The lowest BCUT2D eigenvalue weighted by Gasteiger charge is -2.29. The summed E-state index contributed by atoms with van der Waals surface area (Å²) in [4.78, 5) is 6.99. The standard InChI is InChI=1S/C28H29N5S/c1-21-10-7-13-23(20-21)32-18-8-15-25(32)27-26(24-14-5-6-16-30-24)31-28(34)33(27)19-9-17-29-22-11-3-2-4-12-22/h2-8,10-16,18,20,26-27,29H,9,17,19H2,1H3,(H,31,34)/t26-,27+/m0/s1. The quantitative estimate of drug-likeness (QED) is 0.259. The van der Waals surface area contributed by atoms with Gasteiger partial charge in [-0.05, 0) is 79.7 Å². The average molecular weight is 468 g/mol. The minimum atomic E-state index is -0.0192. The van der Waals surface area contributed by atoms with E-state index in [0.717, 1.165) is 41.7 Å². The maximum atomic E-state index is 5.85. The summed E-state index contributed by atoms with van der Waals surface area (Å²) in [6, 6.07) is 29.3. The van der Waals surface area contributed by atoms with Gasteiger partial charge >= 0.3 is 0 Å². The van der Waals surface area contributed by atoms with Crippen molar-refractivity contribution in [1.29, 1.82) is 0 Å². The van der Waals surface area contributed by atoms with Crippen molar-refractivity contribution in [3.63, 3.8) is 0 Å². The van der Waals surface area contributed by atoms with Gasteiger partial charge in [0.2, 0.25) is 0 Å². The zero-order chi connectivity index (χ0) is 23.3. The lowest BCUT2D eigenvalue weighted by Crippen LogP contribution is -2.32. The maximum absolute atomic E-state index is 5.85. The van der Waals surface area contributed by atoms with E-state index < -0.39 is 0 Å². The number of rotatable bonds is 8. The number of pyridine rings is 1. The van der Waals surface area contributed by atoms with Crippen LogP contribution >= 0.6 is 12.2 Å². The summed E-state index contributed by atoms with van der Waals surface area (Å²) in [5.74, 6) is 0. The second kappa shape index (κ2) is 10.1. The first-order valence-corrected chi connectivity index (χ1v) is 12.1. The zero-order valence-electron chi connectivity index (χ0n) is 19.3. The number of nitrogens with one attached hydrogen (secondary N) is 2. The second-order valence-corrected chi connectivity index (χ2v) is 9.00. The molecule has 2 N–H and O–H groups in total. The van der Waals surface area contributed by atoms with E-state index in [0.29, 0.717) is 0 Å². The number of aryl methyl sites for hydroxylation is 1. The van der Waals surface area contributed by atoms with Crippen molar-refractivity contribution >= 4 is 23.0 Å². The van der Waals surface area contributed by atoms with Gasteiger partial charge in [0.25, 0.3) is 0 Å². The van der Waals surface area contributed by atoms with Gasteiger partial charge in [0.15, 0.2) is 5.11 Å². The molecular weight excluding hydrogens is 438 g/mol. The van der Waals surface area contributed by atoms with Gasteiger partial charge in [-0.25, -0.2) is 0 Å². The van der Waals surface area contributed by atoms with Crippen LogP contribution in [0.1, 0.15) is 35.5 Å². The molecule has 5 nitrogen and oxygen atoms in total. The first-order chi connectivity index (χ1) is 16.7. The molecule has 5 rings (SSSR count). The summed E-state index contributed by atoms with van der Waals surface area (Å²) in [6.07, 6.45) is 4.95. The number of hydrogen-bond acceptors (Lipinski definition) is 3. The lowest BCUT2D eigenvalue weighted by molar-refractivity contribution is 0.307. The van der Waals surface area contributed by atoms with Gasteiger partial charge in [0.05, 0.1) is 17.8 Å². The van der Waals surface area contributed by atoms with Gasteiger partial charge in [-0.15, -0.1) is 0 Å². The predicted molar refractivity (Wildman–Crippen MR) is 142 cm³/mol. The fraction of sp³-hybridized carbons (Fsp3) is 0.214. The molecule has 1 saturated heterocycles. The molecule has 6 heteroatoms. The van der Waals surface area contributed by atoms with Crippen LogP contribution in [0.4, 0.5) is 5.69 Å². The van der Waals surface area contributed by atoms with Crippen molar-refractivity contribution in [2.75, 3.05) is 18.4 Å². The van der Waals surface area contributed by atoms with Gasteiger partial charge in [0.1, 0.15) is 0 Å². The number of anilines is 1. The van der Waals surface area contributed by atoms with Crippen LogP contribution in [0.15, 0.2) is 97.3 Å². The maximum Gasteiger partial charge on any atom is 0.170 e. The molecule has 1 aliphatic rings. The highest BCUT2D eigenvalue weighted by Crippen LogP contribution is 2.39. The molecule has 0 spiro atoms. The molecule has 172 valence electrons. The van der Waals surface area contributed by atoms with E-state index in [1.165, 1.54) is 11.3 Å². The summed E-state index contributed by atoms with van der Waals surface area (Å²) >= 11 is 5.85. The third kappa shape index (κ3) is 4.68. The van der Waals surface area contributed by atoms with E-state index in [1.54, 1.807) is 0 Å². The van der Waals surface area contributed by atoms with Crippen LogP contribution < -0.4 is 10.6 Å². The highest BCUT2D eigenvalue weighted by atomic mass is 32.1. The Bertz CT molecular complexity index is 1240. The number of benzene rings is 2. The number of nitrogens with zero attached hydrogens (tertiary/aromatic N) is 3. The first-order valence-electron chi connectivity index (χ1n) is 11.7. The van der Waals surface area contributed by atoms with E-state index in [9.17, 15) is 0 Å². The Balaban J connectivity index is 1.43. The summed E-state index contributed by atoms with van der Waals surface area (Å²) in [5.41, 5.74) is 5.73. The predicted octanol–water partition coefficient (Wildman–Crippen LogP) is 5.66. The number of aromatic nitrogens is 2. The smallest absolute Gasteiger partial charge is 0.170 e. The summed E-state index contributed by atoms with van der Waals surface area (Å²) < 4.78 is 2.28. The second-order valence-electron chi connectivity index (χ2n) is 8.61. The molecule has 2 aromatic carbocycles. The molecule has 0 amide bonds. The summed E-state index contributed by atoms with van der Waals surface area (Å²) in [7, 11) is 0. The first kappa shape index (κ1) is 22.2. The number of para-hydroxylation sites is 1. The Labute approximate surface area is 206 Å². The van der Waals surface area contributed by atoms with Crippen molar-refractivity contribution in [2.24, 2.45) is 0 Å². The Hall–Kier alpha value is -3.64. The van der Waals surface area contributed by atoms with E-state index in [4.69, 9.17) is 12.2 Å². The SMILES string of the molecule is Cc1cccc(-n2cccc2[C@@H]2[C@H](c3ccccn3)NC(=S)N2CCCNc2ccccc2)c1. The zero-order valence-corrected chi connectivity index (χ0v) is 20.1. The van der Waals surface area contributed by atoms with Crippen molar-refractivity contribution in [3.8, 4) is 5.69 Å². The molecule has 2 aromatic heterocycles. The molecule has 0 saturated carbocycles. The van der Waals surface area contributed by atoms with Gasteiger partial charge in [0, 0.05) is 42.6 Å². The van der Waals surface area contributed by atoms with Crippen LogP contribution in [0.5, 0.6) is 0 Å². The Morgan fingerprint density at radius 1 is 0.971 bits per heavy atom. The summed E-state index contributed by atoms with van der Waals surface area (Å²) in [5, 5.41) is 7.86. The Morgan fingerprint density at radius 3 is 2.62 bits per heavy atom. The van der Waals surface area contributed by atoms with Crippen LogP contribution in [0.2, 0.25) is 0 Å². The third-order valence-electron chi connectivity index (χ3n) is 6.24. The van der Waals surface area contributed by atoms with Crippen molar-refractivity contribution < 1.29 is 0 Å². The molecule has 1 aliphatic heterocycles. The average Bonchev–Trinajstić information content (AvgIpc) is 3.47. The van der Waals surface area contributed by atoms with E-state index >= 15 is 0 Å². The monoisotopic (exact) mass is 467 g/mol. The topological polar surface area (TPSA) is 45.1 Å². The minimum Gasteiger partial charge on any atom is -0.385 e. The van der Waals surface area contributed by atoms with Gasteiger partial charge in [-0.3, -0.25) is 4.98 Å². The van der Waals surface area contributed by atoms with Crippen LogP contribution in [0.3, 0.4) is 0 Å². The molecule has 0 aliphatic carbocycles. The van der Waals surface area contributed by atoms with E-state index in [1.807, 2.05) is 24.4 Å². The Morgan fingerprint density at radius 2 is 1.82 bits per heavy atom. The molecule has 3 heterocycles. The van der Waals surface area contributed by atoms with Crippen molar-refractivity contribution in [3.05, 3.63) is 114 Å². The molecule has 34 heavy (non-hydrogen) atoms. The molecule has 1 fully saturated rings. The molecule has 0 unspecified atom stereocenters. The highest BCUT2D eigenvalue weighted by molar-refractivity contribution is 7.80. The van der Waals surface area contributed by atoms with Crippen LogP contribution in [0, 0.1) is 6.92 Å². The third-order valence-corrected chi connectivity index (χ3v) is 6.59. The van der Waals surface area contributed by atoms with Crippen LogP contribution in [-0.4, -0.2) is 32.7 Å².